The van der Waals surface area contributed by atoms with E-state index in [1.807, 2.05) is 0 Å². The molecule has 84 valence electrons. The van der Waals surface area contributed by atoms with Crippen molar-refractivity contribution < 1.29 is 9.13 Å². The highest BCUT2D eigenvalue weighted by molar-refractivity contribution is 6.33. The average molecular weight is 243 g/mol. The Bertz CT molecular complexity index is 538. The van der Waals surface area contributed by atoms with Crippen LogP contribution in [0.25, 0.3) is 11.2 Å². The van der Waals surface area contributed by atoms with E-state index in [1.54, 1.807) is 10.9 Å². The van der Waals surface area contributed by atoms with Crippen molar-refractivity contribution in [2.45, 2.75) is 19.1 Å². The summed E-state index contributed by atoms with van der Waals surface area (Å²) < 4.78 is 20.2. The molecule has 16 heavy (non-hydrogen) atoms. The second kappa shape index (κ2) is 3.64. The maximum atomic E-state index is 13.1. The van der Waals surface area contributed by atoms with E-state index in [4.69, 9.17) is 16.3 Å². The Morgan fingerprint density at radius 3 is 3.12 bits per heavy atom. The van der Waals surface area contributed by atoms with Gasteiger partial charge < -0.3 is 4.74 Å². The van der Waals surface area contributed by atoms with Gasteiger partial charge in [0.15, 0.2) is 10.8 Å². The zero-order valence-corrected chi connectivity index (χ0v) is 8.98. The lowest BCUT2D eigenvalue weighted by Gasteiger charge is -2.10. The molecule has 0 saturated carbocycles. The maximum Gasteiger partial charge on any atom is 0.312 e. The largest absolute Gasteiger partial charge is 0.358 e. The van der Waals surface area contributed by atoms with Gasteiger partial charge in [-0.25, -0.2) is 4.98 Å². The first-order valence-electron chi connectivity index (χ1n) is 4.93. The van der Waals surface area contributed by atoms with Gasteiger partial charge in [0.25, 0.3) is 0 Å². The summed E-state index contributed by atoms with van der Waals surface area (Å²) in [6.45, 7) is 0.700. The Labute approximate surface area is 95.2 Å². The molecule has 0 spiro atoms. The van der Waals surface area contributed by atoms with E-state index >= 15 is 0 Å². The van der Waals surface area contributed by atoms with Crippen molar-refractivity contribution in [2.75, 3.05) is 6.61 Å². The quantitative estimate of drug-likeness (QED) is 0.566. The second-order valence-corrected chi connectivity index (χ2v) is 3.93. The van der Waals surface area contributed by atoms with Crippen LogP contribution in [0.3, 0.4) is 0 Å². The molecule has 2 aromatic rings. The summed E-state index contributed by atoms with van der Waals surface area (Å²) in [5.74, 6) is 0. The van der Waals surface area contributed by atoms with Crippen LogP contribution in [0.2, 0.25) is 5.15 Å². The van der Waals surface area contributed by atoms with Crippen molar-refractivity contribution in [1.29, 1.82) is 0 Å². The Morgan fingerprint density at radius 1 is 1.50 bits per heavy atom. The highest BCUT2D eigenvalue weighted by Crippen LogP contribution is 2.27. The first-order chi connectivity index (χ1) is 7.75. The van der Waals surface area contributed by atoms with Gasteiger partial charge in [-0.3, -0.25) is 4.57 Å². The number of ether oxygens (including phenoxy) is 1. The van der Waals surface area contributed by atoms with Crippen molar-refractivity contribution in [2.24, 2.45) is 0 Å². The highest BCUT2D eigenvalue weighted by Gasteiger charge is 2.21. The second-order valence-electron chi connectivity index (χ2n) is 3.58. The molecule has 0 aromatic carbocycles. The molecule has 0 amide bonds. The number of imidazole rings is 1. The summed E-state index contributed by atoms with van der Waals surface area (Å²) >= 11 is 5.77. The summed E-state index contributed by atoms with van der Waals surface area (Å²) in [5, 5.41) is 0.0271. The van der Waals surface area contributed by atoms with Crippen LogP contribution >= 0.6 is 11.6 Å². The van der Waals surface area contributed by atoms with Crippen LogP contribution in [-0.4, -0.2) is 26.1 Å². The van der Waals surface area contributed by atoms with Crippen LogP contribution in [0.15, 0.2) is 6.33 Å². The summed E-state index contributed by atoms with van der Waals surface area (Å²) in [4.78, 5) is 11.2. The van der Waals surface area contributed by atoms with Crippen molar-refractivity contribution in [1.82, 2.24) is 19.5 Å². The number of nitrogens with zero attached hydrogens (tertiary/aromatic N) is 4. The molecule has 3 rings (SSSR count). The zero-order chi connectivity index (χ0) is 11.1. The van der Waals surface area contributed by atoms with Crippen molar-refractivity contribution in [3.05, 3.63) is 17.6 Å². The van der Waals surface area contributed by atoms with Crippen molar-refractivity contribution >= 4 is 22.8 Å². The minimum absolute atomic E-state index is 0.0271. The molecule has 5 nitrogen and oxygen atoms in total. The molecular weight excluding hydrogens is 235 g/mol. The number of fused-ring (bicyclic) bond motifs is 1. The molecule has 0 aliphatic carbocycles. The molecule has 0 radical (unpaired) electrons. The molecule has 7 heteroatoms. The smallest absolute Gasteiger partial charge is 0.312 e. The monoisotopic (exact) mass is 242 g/mol. The van der Waals surface area contributed by atoms with E-state index in [1.165, 1.54) is 0 Å². The molecule has 1 atom stereocenters. The fraction of sp³-hybridized carbons (Fsp3) is 0.444. The molecule has 1 saturated heterocycles. The Kier molecular flexibility index (Phi) is 2.26. The number of aromatic nitrogens is 4. The Morgan fingerprint density at radius 2 is 2.38 bits per heavy atom. The third kappa shape index (κ3) is 1.45. The normalized spacial score (nSPS) is 20.8. The van der Waals surface area contributed by atoms with Gasteiger partial charge in [-0.1, -0.05) is 11.6 Å². The molecule has 0 N–H and O–H groups in total. The molecule has 1 fully saturated rings. The molecule has 1 aliphatic heterocycles. The predicted molar refractivity (Wildman–Crippen MR) is 54.5 cm³/mol. The third-order valence-corrected chi connectivity index (χ3v) is 2.83. The predicted octanol–water partition coefficient (Wildman–Crippen LogP) is 1.93. The van der Waals surface area contributed by atoms with Crippen LogP contribution in [0.5, 0.6) is 0 Å². The van der Waals surface area contributed by atoms with Crippen LogP contribution in [0.4, 0.5) is 4.39 Å². The van der Waals surface area contributed by atoms with E-state index in [9.17, 15) is 4.39 Å². The lowest BCUT2D eigenvalue weighted by molar-refractivity contribution is 0.0592. The Hall–Kier alpha value is -1.27. The molecule has 0 bridgehead atoms. The zero-order valence-electron chi connectivity index (χ0n) is 8.23. The van der Waals surface area contributed by atoms with Gasteiger partial charge in [-0.15, -0.1) is 0 Å². The lowest BCUT2D eigenvalue weighted by atomic mass is 10.3. The summed E-state index contributed by atoms with van der Waals surface area (Å²) in [7, 11) is 0. The fourth-order valence-electron chi connectivity index (χ4n) is 1.85. The van der Waals surface area contributed by atoms with Crippen molar-refractivity contribution in [3.8, 4) is 0 Å². The first kappa shape index (κ1) is 9.92. The molecule has 1 unspecified atom stereocenters. The minimum atomic E-state index is -0.850. The fourth-order valence-corrected chi connectivity index (χ4v) is 2.05. The summed E-state index contributed by atoms with van der Waals surface area (Å²) in [6.07, 6.45) is 2.42. The average Bonchev–Trinajstić information content (AvgIpc) is 2.83. The molecule has 2 aromatic heterocycles. The van der Waals surface area contributed by atoms with Gasteiger partial charge in [-0.05, 0) is 12.8 Å². The highest BCUT2D eigenvalue weighted by atomic mass is 35.5. The van der Waals surface area contributed by atoms with Gasteiger partial charge in [0.05, 0.1) is 6.33 Å². The number of halogens is 2. The topological polar surface area (TPSA) is 52.8 Å². The van der Waals surface area contributed by atoms with Crippen LogP contribution < -0.4 is 0 Å². The van der Waals surface area contributed by atoms with Crippen molar-refractivity contribution in [3.63, 3.8) is 0 Å². The van der Waals surface area contributed by atoms with E-state index < -0.39 is 6.08 Å². The van der Waals surface area contributed by atoms with E-state index in [2.05, 4.69) is 15.0 Å². The SMILES string of the molecule is Fc1nc(Cl)c2ncn(C3CCCO3)c2n1. The van der Waals surface area contributed by atoms with E-state index in [-0.39, 0.29) is 11.4 Å². The standard InChI is InChI=1S/C9H8ClFN4O/c10-7-6-8(14-9(11)13-7)15(4-12-6)5-2-1-3-16-5/h4-5H,1-3H2. The Balaban J connectivity index is 2.18. The molecule has 1 aliphatic rings. The van der Waals surface area contributed by atoms with Crippen LogP contribution in [0.1, 0.15) is 19.1 Å². The molecule has 3 heterocycles. The van der Waals surface area contributed by atoms with Crippen LogP contribution in [0, 0.1) is 6.08 Å². The lowest BCUT2D eigenvalue weighted by Crippen LogP contribution is -2.07. The maximum absolute atomic E-state index is 13.1. The van der Waals surface area contributed by atoms with Gasteiger partial charge in [0, 0.05) is 6.61 Å². The first-order valence-corrected chi connectivity index (χ1v) is 5.30. The van der Waals surface area contributed by atoms with Gasteiger partial charge in [0.1, 0.15) is 11.7 Å². The van der Waals surface area contributed by atoms with Crippen LogP contribution in [-0.2, 0) is 4.74 Å². The summed E-state index contributed by atoms with van der Waals surface area (Å²) in [5.41, 5.74) is 0.781. The third-order valence-electron chi connectivity index (χ3n) is 2.57. The number of hydrogen-bond acceptors (Lipinski definition) is 4. The van der Waals surface area contributed by atoms with Gasteiger partial charge >= 0.3 is 6.08 Å². The van der Waals surface area contributed by atoms with E-state index in [0.29, 0.717) is 17.8 Å². The summed E-state index contributed by atoms with van der Waals surface area (Å²) in [6, 6.07) is 0. The minimum Gasteiger partial charge on any atom is -0.358 e. The molecular formula is C9H8ClFN4O. The number of rotatable bonds is 1. The van der Waals surface area contributed by atoms with Gasteiger partial charge in [-0.2, -0.15) is 14.4 Å². The van der Waals surface area contributed by atoms with E-state index in [0.717, 1.165) is 12.8 Å². The van der Waals surface area contributed by atoms with Gasteiger partial charge in [0.2, 0.25) is 0 Å². The number of hydrogen-bond donors (Lipinski definition) is 0.